The third kappa shape index (κ3) is 4.84. The number of rotatable bonds is 6. The van der Waals surface area contributed by atoms with Gasteiger partial charge in [-0.05, 0) is 52.4 Å². The lowest BCUT2D eigenvalue weighted by Gasteiger charge is -2.05. The van der Waals surface area contributed by atoms with Gasteiger partial charge >= 0.3 is 5.91 Å². The van der Waals surface area contributed by atoms with Gasteiger partial charge in [0.1, 0.15) is 5.58 Å². The number of carbonyl (C=O) groups excluding carboxylic acids is 1. The molecule has 0 radical (unpaired) electrons. The van der Waals surface area contributed by atoms with Gasteiger partial charge < -0.3 is 8.98 Å². The van der Waals surface area contributed by atoms with Crippen molar-refractivity contribution < 1.29 is 14.1 Å². The number of fused-ring (bicyclic) bond motifs is 2. The molecule has 2 aromatic heterocycles. The van der Waals surface area contributed by atoms with E-state index in [4.69, 9.17) is 4.42 Å². The van der Waals surface area contributed by atoms with Crippen LogP contribution in [0.2, 0.25) is 0 Å². The lowest BCUT2D eigenvalue weighted by Crippen LogP contribution is -2.16. The molecule has 0 unspecified atom stereocenters. The Hall–Kier alpha value is -3.51. The molecule has 174 valence electrons. The molecular weight excluding hydrogens is 627 g/mol. The van der Waals surface area contributed by atoms with E-state index in [0.29, 0.717) is 12.1 Å². The number of furan rings is 1. The molecule has 0 aliphatic rings. The molecule has 8 nitrogen and oxygen atoms in total. The summed E-state index contributed by atoms with van der Waals surface area (Å²) in [5.41, 5.74) is 5.98. The van der Waals surface area contributed by atoms with E-state index >= 15 is 0 Å². The van der Waals surface area contributed by atoms with Crippen LogP contribution in [-0.2, 0) is 6.54 Å². The monoisotopic (exact) mass is 642 g/mol. The Morgan fingerprint density at radius 3 is 2.71 bits per heavy atom. The van der Waals surface area contributed by atoms with E-state index < -0.39 is 10.8 Å². The molecule has 5 rings (SSSR count). The van der Waals surface area contributed by atoms with Crippen molar-refractivity contribution >= 4 is 78.2 Å². The second-order valence-corrected chi connectivity index (χ2v) is 9.85. The lowest BCUT2D eigenvalue weighted by atomic mass is 10.2. The Kier molecular flexibility index (Phi) is 6.39. The van der Waals surface area contributed by atoms with Gasteiger partial charge in [0.05, 0.1) is 14.7 Å². The molecule has 0 atom stereocenters. The number of carbonyl (C=O) groups is 1. The van der Waals surface area contributed by atoms with Gasteiger partial charge in [0.15, 0.2) is 5.76 Å². The number of hydrogen-bond acceptors (Lipinski definition) is 5. The number of para-hydroxylation sites is 1. The van der Waals surface area contributed by atoms with Crippen LogP contribution in [0.1, 0.15) is 21.7 Å². The first kappa shape index (κ1) is 23.2. The summed E-state index contributed by atoms with van der Waals surface area (Å²) in [6, 6.07) is 19.8. The van der Waals surface area contributed by atoms with Crippen LogP contribution in [0.15, 0.2) is 86.9 Å². The summed E-state index contributed by atoms with van der Waals surface area (Å²) in [5.74, 6) is -0.271. The van der Waals surface area contributed by atoms with E-state index in [2.05, 4.69) is 49.0 Å². The molecule has 0 spiro atoms. The largest absolute Gasteiger partial charge is 0.450 e. The molecular formula is C25H16BrIN4O4. The molecule has 0 bridgehead atoms. The summed E-state index contributed by atoms with van der Waals surface area (Å²) in [6.45, 7) is 0.534. The topological polar surface area (TPSA) is 103 Å². The molecule has 1 N–H and O–H groups in total. The minimum atomic E-state index is -0.445. The minimum absolute atomic E-state index is 0.0569. The highest BCUT2D eigenvalue weighted by molar-refractivity contribution is 14.1. The summed E-state index contributed by atoms with van der Waals surface area (Å²) in [5, 5.41) is 16.8. The van der Waals surface area contributed by atoms with Crippen LogP contribution in [0, 0.1) is 13.7 Å². The minimum Gasteiger partial charge on any atom is -0.450 e. The first-order valence-electron chi connectivity index (χ1n) is 10.4. The van der Waals surface area contributed by atoms with Gasteiger partial charge in [-0.15, -0.1) is 0 Å². The van der Waals surface area contributed by atoms with E-state index in [1.807, 2.05) is 47.2 Å². The Balaban J connectivity index is 1.36. The van der Waals surface area contributed by atoms with Crippen molar-refractivity contribution in [2.45, 2.75) is 6.54 Å². The average molecular weight is 643 g/mol. The molecule has 0 aliphatic carbocycles. The number of non-ortho nitro benzene ring substituents is 1. The van der Waals surface area contributed by atoms with Gasteiger partial charge in [-0.2, -0.15) is 5.10 Å². The molecule has 3 aromatic carbocycles. The maximum absolute atomic E-state index is 12.6. The summed E-state index contributed by atoms with van der Waals surface area (Å²) < 4.78 is 9.57. The maximum atomic E-state index is 12.6. The number of halogens is 2. The lowest BCUT2D eigenvalue weighted by molar-refractivity contribution is -0.384. The average Bonchev–Trinajstić information content (AvgIpc) is 3.42. The van der Waals surface area contributed by atoms with Crippen LogP contribution < -0.4 is 5.43 Å². The second kappa shape index (κ2) is 9.62. The zero-order chi connectivity index (χ0) is 24.5. The zero-order valence-electron chi connectivity index (χ0n) is 17.9. The predicted octanol–water partition coefficient (Wildman–Crippen LogP) is 6.48. The van der Waals surface area contributed by atoms with Crippen molar-refractivity contribution in [1.82, 2.24) is 9.99 Å². The quantitative estimate of drug-likeness (QED) is 0.0992. The van der Waals surface area contributed by atoms with Gasteiger partial charge in [0.25, 0.3) is 5.69 Å². The standard InChI is InChI=1S/C25H16BrIN4O4/c26-18-9-16-10-23(35-24(16)21(27)11-18)25(32)29-28-12-17-14-30(22-4-2-1-3-20(17)22)13-15-5-7-19(8-6-15)31(33)34/h1-12,14H,13H2,(H,29,32)/b28-12-. The van der Waals surface area contributed by atoms with E-state index in [0.717, 1.165) is 35.5 Å². The molecule has 5 aromatic rings. The van der Waals surface area contributed by atoms with E-state index in [1.54, 1.807) is 24.4 Å². The smallest absolute Gasteiger partial charge is 0.307 e. The van der Waals surface area contributed by atoms with Gasteiger partial charge in [0.2, 0.25) is 0 Å². The first-order chi connectivity index (χ1) is 16.9. The van der Waals surface area contributed by atoms with E-state index in [9.17, 15) is 14.9 Å². The van der Waals surface area contributed by atoms with Crippen LogP contribution >= 0.6 is 38.5 Å². The number of nitrogens with zero attached hydrogens (tertiary/aromatic N) is 3. The maximum Gasteiger partial charge on any atom is 0.307 e. The van der Waals surface area contributed by atoms with Crippen molar-refractivity contribution in [2.75, 3.05) is 0 Å². The summed E-state index contributed by atoms with van der Waals surface area (Å²) in [4.78, 5) is 23.1. The molecule has 0 saturated carbocycles. The first-order valence-corrected chi connectivity index (χ1v) is 12.3. The van der Waals surface area contributed by atoms with Crippen molar-refractivity contribution in [3.8, 4) is 0 Å². The molecule has 0 aliphatic heterocycles. The fraction of sp³-hybridized carbons (Fsp3) is 0.0400. The SMILES string of the molecule is O=C(N/N=C\c1cn(Cc2ccc([N+](=O)[O-])cc2)c2ccccc12)c1cc2cc(Br)cc(I)c2o1. The Bertz CT molecular complexity index is 1620. The molecule has 10 heteroatoms. The second-order valence-electron chi connectivity index (χ2n) is 7.77. The van der Waals surface area contributed by atoms with Gasteiger partial charge in [-0.1, -0.05) is 46.3 Å². The number of amides is 1. The molecule has 0 fully saturated rings. The molecule has 0 saturated heterocycles. The summed E-state index contributed by atoms with van der Waals surface area (Å²) >= 11 is 5.61. The van der Waals surface area contributed by atoms with Crippen molar-refractivity contribution in [3.05, 3.63) is 108 Å². The number of nitro groups is 1. The fourth-order valence-corrected chi connectivity index (χ4v) is 5.49. The predicted molar refractivity (Wildman–Crippen MR) is 146 cm³/mol. The fourth-order valence-electron chi connectivity index (χ4n) is 3.83. The number of nitrogens with one attached hydrogen (secondary N) is 1. The van der Waals surface area contributed by atoms with Gasteiger partial charge in [-0.25, -0.2) is 5.43 Å². The molecule has 35 heavy (non-hydrogen) atoms. The van der Waals surface area contributed by atoms with E-state index in [-0.39, 0.29) is 11.4 Å². The van der Waals surface area contributed by atoms with Crippen LogP contribution in [-0.4, -0.2) is 21.6 Å². The van der Waals surface area contributed by atoms with Crippen molar-refractivity contribution in [1.29, 1.82) is 0 Å². The van der Waals surface area contributed by atoms with E-state index in [1.165, 1.54) is 12.1 Å². The third-order valence-corrected chi connectivity index (χ3v) is 6.71. The zero-order valence-corrected chi connectivity index (χ0v) is 21.7. The number of aromatic nitrogens is 1. The molecule has 2 heterocycles. The van der Waals surface area contributed by atoms with Gasteiger partial charge in [-0.3, -0.25) is 14.9 Å². The normalized spacial score (nSPS) is 11.5. The number of hydrogen-bond donors (Lipinski definition) is 1. The number of benzene rings is 3. The molecule has 1 amide bonds. The van der Waals surface area contributed by atoms with Crippen LogP contribution in [0.25, 0.3) is 21.9 Å². The Morgan fingerprint density at radius 2 is 1.94 bits per heavy atom. The van der Waals surface area contributed by atoms with Crippen molar-refractivity contribution in [2.24, 2.45) is 5.10 Å². The third-order valence-electron chi connectivity index (χ3n) is 5.45. The van der Waals surface area contributed by atoms with Crippen LogP contribution in [0.3, 0.4) is 0 Å². The summed E-state index contributed by atoms with van der Waals surface area (Å²) in [7, 11) is 0. The summed E-state index contributed by atoms with van der Waals surface area (Å²) in [6.07, 6.45) is 3.53. The van der Waals surface area contributed by atoms with Crippen LogP contribution in [0.4, 0.5) is 5.69 Å². The van der Waals surface area contributed by atoms with Gasteiger partial charge in [0, 0.05) is 51.2 Å². The Morgan fingerprint density at radius 1 is 1.17 bits per heavy atom. The highest BCUT2D eigenvalue weighted by Crippen LogP contribution is 2.28. The van der Waals surface area contributed by atoms with Crippen molar-refractivity contribution in [3.63, 3.8) is 0 Å². The Labute approximate surface area is 221 Å². The van der Waals surface area contributed by atoms with Crippen LogP contribution in [0.5, 0.6) is 0 Å². The highest BCUT2D eigenvalue weighted by Gasteiger charge is 2.14. The highest BCUT2D eigenvalue weighted by atomic mass is 127. The number of nitro benzene ring substituents is 1. The number of hydrazone groups is 1.